The zero-order chi connectivity index (χ0) is 13.9. The first kappa shape index (κ1) is 14.8. The summed E-state index contributed by atoms with van der Waals surface area (Å²) >= 11 is 0. The Kier molecular flexibility index (Phi) is 4.56. The van der Waals surface area contributed by atoms with Gasteiger partial charge in [0.15, 0.2) is 0 Å². The fourth-order valence-corrected chi connectivity index (χ4v) is 1.56. The summed E-state index contributed by atoms with van der Waals surface area (Å²) in [6, 6.07) is 3.67. The predicted octanol–water partition coefficient (Wildman–Crippen LogP) is 3.18. The topological polar surface area (TPSA) is 29.3 Å². The van der Waals surface area contributed by atoms with Crippen molar-refractivity contribution in [2.45, 2.75) is 32.6 Å². The third-order valence-corrected chi connectivity index (χ3v) is 2.56. The molecular weight excluding hydrogens is 248 g/mol. The number of hydrogen-bond acceptors (Lipinski definition) is 2. The zero-order valence-corrected chi connectivity index (χ0v) is 10.3. The number of alkyl halides is 3. The van der Waals surface area contributed by atoms with Gasteiger partial charge in [-0.25, -0.2) is 4.39 Å². The van der Waals surface area contributed by atoms with Crippen molar-refractivity contribution in [1.29, 1.82) is 0 Å². The molecule has 0 aliphatic carbocycles. The van der Waals surface area contributed by atoms with Crippen molar-refractivity contribution < 1.29 is 17.6 Å². The first-order chi connectivity index (χ1) is 8.19. The number of halogens is 4. The van der Waals surface area contributed by atoms with Gasteiger partial charge in [0.1, 0.15) is 5.82 Å². The molecule has 0 aromatic heterocycles. The third kappa shape index (κ3) is 4.52. The van der Waals surface area contributed by atoms with E-state index < -0.39 is 18.5 Å². The highest BCUT2D eigenvalue weighted by molar-refractivity contribution is 5.40. The van der Waals surface area contributed by atoms with Gasteiger partial charge in [-0.2, -0.15) is 13.2 Å². The summed E-state index contributed by atoms with van der Waals surface area (Å²) in [5, 5.41) is 0. The maximum atomic E-state index is 13.5. The molecule has 1 aromatic carbocycles. The van der Waals surface area contributed by atoms with Crippen molar-refractivity contribution in [3.63, 3.8) is 0 Å². The largest absolute Gasteiger partial charge is 0.401 e. The van der Waals surface area contributed by atoms with Crippen molar-refractivity contribution in [3.05, 3.63) is 29.6 Å². The highest BCUT2D eigenvalue weighted by atomic mass is 19.4. The first-order valence-electron chi connectivity index (χ1n) is 5.54. The molecule has 0 bridgehead atoms. The maximum Gasteiger partial charge on any atom is 0.401 e. The van der Waals surface area contributed by atoms with Gasteiger partial charge in [0, 0.05) is 23.8 Å². The number of nitrogen functional groups attached to an aromatic ring is 1. The highest BCUT2D eigenvalue weighted by Gasteiger charge is 2.32. The Balaban J connectivity index is 2.83. The molecular formula is C12H16F4N2. The minimum absolute atomic E-state index is 0.0940. The summed E-state index contributed by atoms with van der Waals surface area (Å²) in [7, 11) is 0. The smallest absolute Gasteiger partial charge is 0.399 e. The van der Waals surface area contributed by atoms with Gasteiger partial charge in [-0.15, -0.1) is 0 Å². The van der Waals surface area contributed by atoms with Crippen LogP contribution < -0.4 is 5.73 Å². The Morgan fingerprint density at radius 2 is 1.89 bits per heavy atom. The lowest BCUT2D eigenvalue weighted by molar-refractivity contribution is -0.151. The van der Waals surface area contributed by atoms with Crippen LogP contribution in [0.1, 0.15) is 19.4 Å². The lowest BCUT2D eigenvalue weighted by Gasteiger charge is -2.27. The van der Waals surface area contributed by atoms with Crippen LogP contribution in [-0.4, -0.2) is 23.7 Å². The van der Waals surface area contributed by atoms with Crippen LogP contribution in [0.3, 0.4) is 0 Å². The quantitative estimate of drug-likeness (QED) is 0.668. The van der Waals surface area contributed by atoms with E-state index in [4.69, 9.17) is 5.73 Å². The van der Waals surface area contributed by atoms with Gasteiger partial charge in [-0.05, 0) is 26.0 Å². The Morgan fingerprint density at radius 3 is 2.33 bits per heavy atom. The third-order valence-electron chi connectivity index (χ3n) is 2.56. The van der Waals surface area contributed by atoms with Crippen LogP contribution in [-0.2, 0) is 6.54 Å². The molecule has 0 fully saturated rings. The molecule has 0 saturated heterocycles. The van der Waals surface area contributed by atoms with E-state index in [9.17, 15) is 17.6 Å². The van der Waals surface area contributed by atoms with E-state index in [0.717, 1.165) is 11.0 Å². The molecule has 0 unspecified atom stereocenters. The van der Waals surface area contributed by atoms with Gasteiger partial charge < -0.3 is 5.73 Å². The van der Waals surface area contributed by atoms with Gasteiger partial charge in [0.05, 0.1) is 6.54 Å². The zero-order valence-electron chi connectivity index (χ0n) is 10.3. The summed E-state index contributed by atoms with van der Waals surface area (Å²) in [4.78, 5) is 1.16. The van der Waals surface area contributed by atoms with Gasteiger partial charge in [-0.3, -0.25) is 4.90 Å². The van der Waals surface area contributed by atoms with Crippen molar-refractivity contribution >= 4 is 5.69 Å². The number of nitrogens with two attached hydrogens (primary N) is 1. The standard InChI is InChI=1S/C12H16F4N2/c1-8(2)18(7-12(14,15)16)6-9-3-4-10(17)5-11(9)13/h3-5,8H,6-7,17H2,1-2H3. The molecule has 6 heteroatoms. The van der Waals surface area contributed by atoms with E-state index in [0.29, 0.717) is 0 Å². The van der Waals surface area contributed by atoms with Crippen molar-refractivity contribution in [1.82, 2.24) is 4.90 Å². The molecule has 0 spiro atoms. The fourth-order valence-electron chi connectivity index (χ4n) is 1.56. The van der Waals surface area contributed by atoms with Gasteiger partial charge in [0.2, 0.25) is 0 Å². The molecule has 0 amide bonds. The molecule has 2 N–H and O–H groups in total. The van der Waals surface area contributed by atoms with Crippen LogP contribution in [0.15, 0.2) is 18.2 Å². The lowest BCUT2D eigenvalue weighted by atomic mass is 10.1. The minimum atomic E-state index is -4.30. The summed E-state index contributed by atoms with van der Waals surface area (Å²) in [6.07, 6.45) is -4.30. The number of nitrogens with zero attached hydrogens (tertiary/aromatic N) is 1. The molecule has 1 aromatic rings. The Hall–Kier alpha value is -1.30. The second kappa shape index (κ2) is 5.56. The second-order valence-corrected chi connectivity index (χ2v) is 4.46. The van der Waals surface area contributed by atoms with E-state index in [-0.39, 0.29) is 23.8 Å². The van der Waals surface area contributed by atoms with E-state index >= 15 is 0 Å². The van der Waals surface area contributed by atoms with Crippen LogP contribution in [0.5, 0.6) is 0 Å². The Bertz CT molecular complexity index is 402. The molecule has 102 valence electrons. The number of anilines is 1. The average Bonchev–Trinajstić information content (AvgIpc) is 2.18. The van der Waals surface area contributed by atoms with Crippen LogP contribution >= 0.6 is 0 Å². The molecule has 1 rings (SSSR count). The van der Waals surface area contributed by atoms with Crippen LogP contribution in [0.2, 0.25) is 0 Å². The summed E-state index contributed by atoms with van der Waals surface area (Å²) in [5.74, 6) is -0.581. The van der Waals surface area contributed by atoms with Gasteiger partial charge >= 0.3 is 6.18 Å². The second-order valence-electron chi connectivity index (χ2n) is 4.46. The number of rotatable bonds is 4. The van der Waals surface area contributed by atoms with Crippen molar-refractivity contribution in [3.8, 4) is 0 Å². The van der Waals surface area contributed by atoms with Crippen molar-refractivity contribution in [2.24, 2.45) is 0 Å². The highest BCUT2D eigenvalue weighted by Crippen LogP contribution is 2.21. The minimum Gasteiger partial charge on any atom is -0.399 e. The molecule has 0 saturated carbocycles. The molecule has 0 aliphatic heterocycles. The van der Waals surface area contributed by atoms with E-state index in [1.807, 2.05) is 0 Å². The monoisotopic (exact) mass is 264 g/mol. The Labute approximate surface area is 103 Å². The van der Waals surface area contributed by atoms with E-state index in [1.165, 1.54) is 12.1 Å². The van der Waals surface area contributed by atoms with Crippen LogP contribution in [0.4, 0.5) is 23.2 Å². The maximum absolute atomic E-state index is 13.5. The van der Waals surface area contributed by atoms with Crippen LogP contribution in [0, 0.1) is 5.82 Å². The average molecular weight is 264 g/mol. The van der Waals surface area contributed by atoms with E-state index in [1.54, 1.807) is 13.8 Å². The SMILES string of the molecule is CC(C)N(Cc1ccc(N)cc1F)CC(F)(F)F. The van der Waals surface area contributed by atoms with Gasteiger partial charge in [0.25, 0.3) is 0 Å². The molecule has 2 nitrogen and oxygen atoms in total. The molecule has 0 radical (unpaired) electrons. The van der Waals surface area contributed by atoms with Gasteiger partial charge in [-0.1, -0.05) is 6.07 Å². The normalized spacial score (nSPS) is 12.4. The first-order valence-corrected chi connectivity index (χ1v) is 5.54. The van der Waals surface area contributed by atoms with Crippen LogP contribution in [0.25, 0.3) is 0 Å². The van der Waals surface area contributed by atoms with E-state index in [2.05, 4.69) is 0 Å². The molecule has 18 heavy (non-hydrogen) atoms. The number of benzene rings is 1. The molecule has 0 atom stereocenters. The summed E-state index contributed by atoms with van der Waals surface area (Å²) in [5.41, 5.74) is 5.85. The molecule has 0 aliphatic rings. The fraction of sp³-hybridized carbons (Fsp3) is 0.500. The number of hydrogen-bond donors (Lipinski definition) is 1. The Morgan fingerprint density at radius 1 is 1.28 bits per heavy atom. The predicted molar refractivity (Wildman–Crippen MR) is 62.4 cm³/mol. The summed E-state index contributed by atoms with van der Waals surface area (Å²) < 4.78 is 50.7. The van der Waals surface area contributed by atoms with Crippen molar-refractivity contribution in [2.75, 3.05) is 12.3 Å². The molecule has 0 heterocycles. The summed E-state index contributed by atoms with van der Waals surface area (Å²) in [6.45, 7) is 2.12. The lowest BCUT2D eigenvalue weighted by Crippen LogP contribution is -2.38.